The highest BCUT2D eigenvalue weighted by Gasteiger charge is 2.25. The fourth-order valence-electron chi connectivity index (χ4n) is 2.48. The summed E-state index contributed by atoms with van der Waals surface area (Å²) in [4.78, 5) is 12.3. The SMILES string of the molecule is CCN(CC)S(=O)(=O)c1cc(NC(=O)C(C)Oc2ccccc2)ccc1Cl. The van der Waals surface area contributed by atoms with Crippen molar-refractivity contribution >= 4 is 33.2 Å². The largest absolute Gasteiger partial charge is 0.481 e. The number of ether oxygens (including phenoxy) is 1. The average molecular weight is 411 g/mol. The molecule has 0 spiro atoms. The van der Waals surface area contributed by atoms with Gasteiger partial charge in [-0.25, -0.2) is 8.42 Å². The first-order chi connectivity index (χ1) is 12.8. The van der Waals surface area contributed by atoms with Crippen LogP contribution in [0.25, 0.3) is 0 Å². The van der Waals surface area contributed by atoms with Crippen molar-refractivity contribution in [1.82, 2.24) is 4.31 Å². The van der Waals surface area contributed by atoms with Gasteiger partial charge in [-0.1, -0.05) is 43.6 Å². The summed E-state index contributed by atoms with van der Waals surface area (Å²) in [6.45, 7) is 5.78. The molecule has 0 saturated carbocycles. The van der Waals surface area contributed by atoms with Gasteiger partial charge in [-0.15, -0.1) is 0 Å². The van der Waals surface area contributed by atoms with Gasteiger partial charge in [0, 0.05) is 18.8 Å². The number of hydrogen-bond donors (Lipinski definition) is 1. The highest BCUT2D eigenvalue weighted by molar-refractivity contribution is 7.89. The van der Waals surface area contributed by atoms with Crippen molar-refractivity contribution in [3.63, 3.8) is 0 Å². The van der Waals surface area contributed by atoms with Crippen LogP contribution in [0.15, 0.2) is 53.4 Å². The van der Waals surface area contributed by atoms with Gasteiger partial charge >= 0.3 is 0 Å². The van der Waals surface area contributed by atoms with Crippen molar-refractivity contribution in [1.29, 1.82) is 0 Å². The van der Waals surface area contributed by atoms with Gasteiger partial charge in [-0.05, 0) is 37.3 Å². The van der Waals surface area contributed by atoms with Gasteiger partial charge in [0.2, 0.25) is 10.0 Å². The number of para-hydroxylation sites is 1. The molecule has 6 nitrogen and oxygen atoms in total. The molecule has 1 unspecified atom stereocenters. The number of anilines is 1. The lowest BCUT2D eigenvalue weighted by Gasteiger charge is -2.20. The second kappa shape index (κ2) is 9.21. The summed E-state index contributed by atoms with van der Waals surface area (Å²) in [6, 6.07) is 13.3. The summed E-state index contributed by atoms with van der Waals surface area (Å²) in [5.74, 6) is 0.174. The van der Waals surface area contributed by atoms with Crippen molar-refractivity contribution in [3.05, 3.63) is 53.6 Å². The quantitative estimate of drug-likeness (QED) is 0.718. The molecule has 1 N–H and O–H groups in total. The molecule has 1 amide bonds. The van der Waals surface area contributed by atoms with Gasteiger partial charge in [0.1, 0.15) is 10.6 Å². The van der Waals surface area contributed by atoms with Crippen LogP contribution in [0, 0.1) is 0 Å². The number of benzene rings is 2. The topological polar surface area (TPSA) is 75.7 Å². The van der Waals surface area contributed by atoms with Crippen LogP contribution < -0.4 is 10.1 Å². The molecule has 2 aromatic carbocycles. The Bertz CT molecular complexity index is 884. The highest BCUT2D eigenvalue weighted by Crippen LogP contribution is 2.28. The van der Waals surface area contributed by atoms with E-state index in [-0.39, 0.29) is 9.92 Å². The first-order valence-corrected chi connectivity index (χ1v) is 10.4. The number of carbonyl (C=O) groups excluding carboxylic acids is 1. The Balaban J connectivity index is 2.19. The maximum atomic E-state index is 12.7. The molecule has 8 heteroatoms. The van der Waals surface area contributed by atoms with E-state index in [9.17, 15) is 13.2 Å². The monoisotopic (exact) mass is 410 g/mol. The molecule has 0 bridgehead atoms. The van der Waals surface area contributed by atoms with E-state index < -0.39 is 22.0 Å². The molecule has 1 atom stereocenters. The molecule has 146 valence electrons. The van der Waals surface area contributed by atoms with Gasteiger partial charge in [0.05, 0.1) is 5.02 Å². The van der Waals surface area contributed by atoms with E-state index in [1.54, 1.807) is 39.0 Å². The number of amides is 1. The van der Waals surface area contributed by atoms with Crippen LogP contribution in [0.2, 0.25) is 5.02 Å². The van der Waals surface area contributed by atoms with E-state index in [1.165, 1.54) is 16.4 Å². The fraction of sp³-hybridized carbons (Fsp3) is 0.316. The molecular formula is C19H23ClN2O4S. The number of rotatable bonds is 8. The fourth-order valence-corrected chi connectivity index (χ4v) is 4.44. The summed E-state index contributed by atoms with van der Waals surface area (Å²) in [5.41, 5.74) is 0.332. The van der Waals surface area contributed by atoms with E-state index >= 15 is 0 Å². The number of hydrogen-bond acceptors (Lipinski definition) is 4. The molecule has 27 heavy (non-hydrogen) atoms. The first kappa shape index (κ1) is 21.2. The molecule has 0 aromatic heterocycles. The summed E-state index contributed by atoms with van der Waals surface area (Å²) >= 11 is 6.10. The van der Waals surface area contributed by atoms with Crippen molar-refractivity contribution in [2.24, 2.45) is 0 Å². The van der Waals surface area contributed by atoms with E-state index in [0.29, 0.717) is 24.5 Å². The van der Waals surface area contributed by atoms with Crippen LogP contribution in [-0.4, -0.2) is 37.8 Å². The molecule has 2 rings (SSSR count). The lowest BCUT2D eigenvalue weighted by atomic mass is 10.3. The maximum Gasteiger partial charge on any atom is 0.265 e. The second-order valence-corrected chi connectivity index (χ2v) is 8.11. The summed E-state index contributed by atoms with van der Waals surface area (Å²) in [6.07, 6.45) is -0.758. The van der Waals surface area contributed by atoms with Crippen LogP contribution in [0.5, 0.6) is 5.75 Å². The van der Waals surface area contributed by atoms with Crippen molar-refractivity contribution in [2.45, 2.75) is 31.8 Å². The zero-order chi connectivity index (χ0) is 20.0. The Labute approximate surface area is 165 Å². The lowest BCUT2D eigenvalue weighted by Crippen LogP contribution is -2.31. The molecule has 2 aromatic rings. The van der Waals surface area contributed by atoms with Crippen LogP contribution in [0.3, 0.4) is 0 Å². The average Bonchev–Trinajstić information content (AvgIpc) is 2.64. The standard InChI is InChI=1S/C19H23ClN2O4S/c1-4-22(5-2)27(24,25)18-13-15(11-12-17(18)20)21-19(23)14(3)26-16-9-7-6-8-10-16/h6-14H,4-5H2,1-3H3,(H,21,23). The van der Waals surface area contributed by atoms with Crippen LogP contribution >= 0.6 is 11.6 Å². The number of sulfonamides is 1. The zero-order valence-electron chi connectivity index (χ0n) is 15.5. The molecular weight excluding hydrogens is 388 g/mol. The Kier molecular flexibility index (Phi) is 7.24. The zero-order valence-corrected chi connectivity index (χ0v) is 17.0. The van der Waals surface area contributed by atoms with Gasteiger partial charge in [0.25, 0.3) is 5.91 Å². The third-order valence-electron chi connectivity index (χ3n) is 3.95. The minimum absolute atomic E-state index is 0.0395. The third-order valence-corrected chi connectivity index (χ3v) is 6.48. The van der Waals surface area contributed by atoms with Gasteiger partial charge in [-0.2, -0.15) is 4.31 Å². The normalized spacial score (nSPS) is 12.6. The van der Waals surface area contributed by atoms with Crippen LogP contribution in [0.1, 0.15) is 20.8 Å². The van der Waals surface area contributed by atoms with E-state index in [1.807, 2.05) is 18.2 Å². The predicted octanol–water partition coefficient (Wildman–Crippen LogP) is 3.78. The third kappa shape index (κ3) is 5.22. The van der Waals surface area contributed by atoms with Gasteiger partial charge in [-0.3, -0.25) is 4.79 Å². The number of halogens is 1. The van der Waals surface area contributed by atoms with Crippen LogP contribution in [0.4, 0.5) is 5.69 Å². The minimum atomic E-state index is -3.74. The van der Waals surface area contributed by atoms with E-state index in [2.05, 4.69) is 5.32 Å². The smallest absolute Gasteiger partial charge is 0.265 e. The molecule has 0 aliphatic rings. The number of nitrogens with zero attached hydrogens (tertiary/aromatic N) is 1. The molecule has 0 aliphatic carbocycles. The first-order valence-electron chi connectivity index (χ1n) is 8.61. The van der Waals surface area contributed by atoms with Crippen molar-refractivity contribution < 1.29 is 17.9 Å². The molecule has 0 aliphatic heterocycles. The maximum absolute atomic E-state index is 12.7. The minimum Gasteiger partial charge on any atom is -0.481 e. The number of nitrogens with one attached hydrogen (secondary N) is 1. The Morgan fingerprint density at radius 3 is 2.37 bits per heavy atom. The highest BCUT2D eigenvalue weighted by atomic mass is 35.5. The van der Waals surface area contributed by atoms with Crippen molar-refractivity contribution in [3.8, 4) is 5.75 Å². The molecule has 0 heterocycles. The predicted molar refractivity (Wildman–Crippen MR) is 107 cm³/mol. The summed E-state index contributed by atoms with van der Waals surface area (Å²) < 4.78 is 32.3. The molecule has 0 saturated heterocycles. The van der Waals surface area contributed by atoms with Gasteiger partial charge < -0.3 is 10.1 Å². The second-order valence-electron chi connectivity index (χ2n) is 5.80. The van der Waals surface area contributed by atoms with E-state index in [4.69, 9.17) is 16.3 Å². The van der Waals surface area contributed by atoms with Gasteiger partial charge in [0.15, 0.2) is 6.10 Å². The Hall–Kier alpha value is -2.09. The molecule has 0 fully saturated rings. The summed E-state index contributed by atoms with van der Waals surface area (Å²) in [7, 11) is -3.74. The lowest BCUT2D eigenvalue weighted by molar-refractivity contribution is -0.122. The Morgan fingerprint density at radius 1 is 1.15 bits per heavy atom. The van der Waals surface area contributed by atoms with E-state index in [0.717, 1.165) is 0 Å². The van der Waals surface area contributed by atoms with Crippen LogP contribution in [-0.2, 0) is 14.8 Å². The van der Waals surface area contributed by atoms with Crippen molar-refractivity contribution in [2.75, 3.05) is 18.4 Å². The summed E-state index contributed by atoms with van der Waals surface area (Å²) in [5, 5.41) is 2.78. The molecule has 0 radical (unpaired) electrons. The Morgan fingerprint density at radius 2 is 1.78 bits per heavy atom. The number of carbonyl (C=O) groups is 1.